The second-order valence-corrected chi connectivity index (χ2v) is 5.64. The molecule has 0 fully saturated rings. The van der Waals surface area contributed by atoms with Gasteiger partial charge in [-0.05, 0) is 36.2 Å². The zero-order valence-corrected chi connectivity index (χ0v) is 13.9. The maximum Gasteiger partial charge on any atom is 0.330 e. The van der Waals surface area contributed by atoms with Crippen LogP contribution in [0.15, 0.2) is 55.1 Å². The molecule has 3 aromatic rings. The predicted octanol–water partition coefficient (Wildman–Crippen LogP) is 3.70. The number of ether oxygens (including phenoxy) is 1. The fourth-order valence-corrected chi connectivity index (χ4v) is 2.61. The number of rotatable bonds is 6. The highest BCUT2D eigenvalue weighted by atomic mass is 16.5. The van der Waals surface area contributed by atoms with Crippen LogP contribution in [0.25, 0.3) is 16.7 Å². The van der Waals surface area contributed by atoms with Crippen molar-refractivity contribution in [3.63, 3.8) is 0 Å². The maximum absolute atomic E-state index is 11.6. The van der Waals surface area contributed by atoms with E-state index in [0.29, 0.717) is 12.1 Å². The summed E-state index contributed by atoms with van der Waals surface area (Å²) in [5, 5.41) is 19.0. The molecule has 0 aliphatic carbocycles. The summed E-state index contributed by atoms with van der Waals surface area (Å²) in [5.74, 6) is -0.426. The summed E-state index contributed by atoms with van der Waals surface area (Å²) in [6.45, 7) is 5.44. The lowest BCUT2D eigenvalue weighted by Crippen LogP contribution is -2.10. The highest BCUT2D eigenvalue weighted by Crippen LogP contribution is 2.29. The predicted molar refractivity (Wildman–Crippen MR) is 94.5 cm³/mol. The SMILES string of the molecule is C=CC(=O)OC(CCC)c1ccc(O)c(-n2nc3ccccc3n2)c1. The van der Waals surface area contributed by atoms with Crippen molar-refractivity contribution >= 4 is 17.0 Å². The number of carbonyl (C=O) groups is 1. The Hall–Kier alpha value is -3.15. The number of phenols is 1. The molecule has 0 aliphatic rings. The second kappa shape index (κ2) is 7.17. The summed E-state index contributed by atoms with van der Waals surface area (Å²) in [5.41, 5.74) is 2.67. The highest BCUT2D eigenvalue weighted by Gasteiger charge is 2.18. The van der Waals surface area contributed by atoms with E-state index in [0.717, 1.165) is 29.1 Å². The normalized spacial score (nSPS) is 12.0. The molecule has 2 aromatic carbocycles. The van der Waals surface area contributed by atoms with Gasteiger partial charge in [-0.2, -0.15) is 0 Å². The Morgan fingerprint density at radius 1 is 1.28 bits per heavy atom. The van der Waals surface area contributed by atoms with Gasteiger partial charge in [-0.25, -0.2) is 4.79 Å². The van der Waals surface area contributed by atoms with Gasteiger partial charge in [0.1, 0.15) is 28.6 Å². The number of fused-ring (bicyclic) bond motifs is 1. The van der Waals surface area contributed by atoms with Crippen molar-refractivity contribution in [2.75, 3.05) is 0 Å². The standard InChI is InChI=1S/C19H19N3O3/c1-3-7-18(25-19(24)4-2)13-10-11-17(23)16(12-13)22-20-14-8-5-6-9-15(14)21-22/h4-6,8-12,18,23H,2-3,7H2,1H3. The molecule has 1 unspecified atom stereocenters. The van der Waals surface area contributed by atoms with Crippen LogP contribution >= 0.6 is 0 Å². The number of aromatic nitrogens is 3. The van der Waals surface area contributed by atoms with Crippen LogP contribution in [0.4, 0.5) is 0 Å². The molecule has 0 spiro atoms. The van der Waals surface area contributed by atoms with Gasteiger partial charge in [-0.15, -0.1) is 15.0 Å². The molecule has 128 valence electrons. The molecular weight excluding hydrogens is 318 g/mol. The summed E-state index contributed by atoms with van der Waals surface area (Å²) in [6, 6.07) is 12.5. The van der Waals surface area contributed by atoms with E-state index in [1.807, 2.05) is 31.2 Å². The van der Waals surface area contributed by atoms with E-state index in [1.165, 1.54) is 4.80 Å². The molecule has 0 saturated heterocycles. The van der Waals surface area contributed by atoms with Gasteiger partial charge in [-0.1, -0.05) is 38.1 Å². The number of aromatic hydroxyl groups is 1. The monoisotopic (exact) mass is 337 g/mol. The molecule has 3 rings (SSSR count). The number of hydrogen-bond acceptors (Lipinski definition) is 5. The molecule has 6 nitrogen and oxygen atoms in total. The van der Waals surface area contributed by atoms with Gasteiger partial charge < -0.3 is 9.84 Å². The minimum absolute atomic E-state index is 0.0503. The van der Waals surface area contributed by atoms with Crippen molar-refractivity contribution in [2.45, 2.75) is 25.9 Å². The zero-order valence-electron chi connectivity index (χ0n) is 13.9. The van der Waals surface area contributed by atoms with E-state index in [-0.39, 0.29) is 5.75 Å². The number of nitrogens with zero attached hydrogens (tertiary/aromatic N) is 3. The lowest BCUT2D eigenvalue weighted by Gasteiger charge is -2.18. The number of carbonyl (C=O) groups excluding carboxylic acids is 1. The molecule has 0 aliphatic heterocycles. The molecule has 0 bridgehead atoms. The van der Waals surface area contributed by atoms with Gasteiger partial charge in [0.25, 0.3) is 0 Å². The van der Waals surface area contributed by atoms with Crippen LogP contribution in [0.5, 0.6) is 5.75 Å². The average Bonchev–Trinajstić information content (AvgIpc) is 3.05. The van der Waals surface area contributed by atoms with Crippen molar-refractivity contribution in [1.29, 1.82) is 0 Å². The fraction of sp³-hybridized carbons (Fsp3) is 0.211. The minimum Gasteiger partial charge on any atom is -0.506 e. The molecule has 6 heteroatoms. The number of hydrogen-bond donors (Lipinski definition) is 1. The Kier molecular flexibility index (Phi) is 4.79. The van der Waals surface area contributed by atoms with Crippen LogP contribution in [-0.4, -0.2) is 26.1 Å². The van der Waals surface area contributed by atoms with E-state index in [1.54, 1.807) is 18.2 Å². The van der Waals surface area contributed by atoms with Crippen LogP contribution in [0.2, 0.25) is 0 Å². The lowest BCUT2D eigenvalue weighted by molar-refractivity contribution is -0.143. The van der Waals surface area contributed by atoms with E-state index in [4.69, 9.17) is 4.74 Å². The van der Waals surface area contributed by atoms with E-state index in [2.05, 4.69) is 16.8 Å². The van der Waals surface area contributed by atoms with Gasteiger partial charge >= 0.3 is 5.97 Å². The summed E-state index contributed by atoms with van der Waals surface area (Å²) >= 11 is 0. The topological polar surface area (TPSA) is 77.2 Å². The second-order valence-electron chi connectivity index (χ2n) is 5.64. The first-order valence-corrected chi connectivity index (χ1v) is 8.10. The number of benzene rings is 2. The van der Waals surface area contributed by atoms with E-state index in [9.17, 15) is 9.90 Å². The van der Waals surface area contributed by atoms with Crippen molar-refractivity contribution in [2.24, 2.45) is 0 Å². The number of esters is 1. The molecule has 0 radical (unpaired) electrons. The molecule has 0 amide bonds. The molecular formula is C19H19N3O3. The first-order chi connectivity index (χ1) is 12.1. The van der Waals surface area contributed by atoms with Crippen LogP contribution in [0.3, 0.4) is 0 Å². The average molecular weight is 337 g/mol. The Balaban J connectivity index is 2.01. The Morgan fingerprint density at radius 2 is 1.96 bits per heavy atom. The first kappa shape index (κ1) is 16.7. The molecule has 0 saturated carbocycles. The van der Waals surface area contributed by atoms with Crippen molar-refractivity contribution in [1.82, 2.24) is 15.0 Å². The van der Waals surface area contributed by atoms with E-state index < -0.39 is 12.1 Å². The molecule has 1 aromatic heterocycles. The molecule has 1 N–H and O–H groups in total. The summed E-state index contributed by atoms with van der Waals surface area (Å²) < 4.78 is 5.43. The Bertz CT molecular complexity index is 884. The van der Waals surface area contributed by atoms with E-state index >= 15 is 0 Å². The molecule has 25 heavy (non-hydrogen) atoms. The summed E-state index contributed by atoms with van der Waals surface area (Å²) in [6.07, 6.45) is 2.24. The van der Waals surface area contributed by atoms with Crippen molar-refractivity contribution in [3.05, 3.63) is 60.7 Å². The largest absolute Gasteiger partial charge is 0.506 e. The minimum atomic E-state index is -0.476. The third-order valence-electron chi connectivity index (χ3n) is 3.85. The number of phenolic OH excluding ortho intramolecular Hbond substituents is 1. The lowest BCUT2D eigenvalue weighted by atomic mass is 10.0. The first-order valence-electron chi connectivity index (χ1n) is 8.10. The van der Waals surface area contributed by atoms with Gasteiger partial charge in [0.15, 0.2) is 0 Å². The van der Waals surface area contributed by atoms with Crippen molar-refractivity contribution in [3.8, 4) is 11.4 Å². The third-order valence-corrected chi connectivity index (χ3v) is 3.85. The van der Waals surface area contributed by atoms with Gasteiger partial charge in [0, 0.05) is 6.08 Å². The van der Waals surface area contributed by atoms with Crippen LogP contribution < -0.4 is 0 Å². The van der Waals surface area contributed by atoms with Gasteiger partial charge in [0.2, 0.25) is 0 Å². The molecule has 1 atom stereocenters. The highest BCUT2D eigenvalue weighted by molar-refractivity contribution is 5.81. The third kappa shape index (κ3) is 3.52. The summed E-state index contributed by atoms with van der Waals surface area (Å²) in [7, 11) is 0. The van der Waals surface area contributed by atoms with Crippen LogP contribution in [-0.2, 0) is 9.53 Å². The van der Waals surface area contributed by atoms with Crippen LogP contribution in [0, 0.1) is 0 Å². The fourth-order valence-electron chi connectivity index (χ4n) is 2.61. The Labute approximate surface area is 145 Å². The zero-order chi connectivity index (χ0) is 17.8. The van der Waals surface area contributed by atoms with Crippen LogP contribution in [0.1, 0.15) is 31.4 Å². The maximum atomic E-state index is 11.6. The quantitative estimate of drug-likeness (QED) is 0.548. The summed E-state index contributed by atoms with van der Waals surface area (Å²) in [4.78, 5) is 13.0. The Morgan fingerprint density at radius 3 is 2.56 bits per heavy atom. The molecule has 1 heterocycles. The smallest absolute Gasteiger partial charge is 0.330 e. The van der Waals surface area contributed by atoms with Gasteiger partial charge in [0.05, 0.1) is 0 Å². The van der Waals surface area contributed by atoms with Crippen molar-refractivity contribution < 1.29 is 14.6 Å². The van der Waals surface area contributed by atoms with Gasteiger partial charge in [-0.3, -0.25) is 0 Å².